The van der Waals surface area contributed by atoms with E-state index in [9.17, 15) is 9.59 Å². The average molecular weight is 275 g/mol. The van der Waals surface area contributed by atoms with Crippen molar-refractivity contribution in [2.75, 3.05) is 13.7 Å². The number of methoxy groups -OCH3 is 1. The standard InChI is InChI=1S/C16H21NO3/c1-15(2,3)14(19)13-16(7-5-9-17-13)8-6-11(18)10-12(16)20-4/h6,8,10H,5,7,9H2,1-4H3. The molecule has 0 saturated carbocycles. The third kappa shape index (κ3) is 2.35. The monoisotopic (exact) mass is 275 g/mol. The fraction of sp³-hybridized carbons (Fsp3) is 0.562. The van der Waals surface area contributed by atoms with Gasteiger partial charge in [-0.25, -0.2) is 0 Å². The molecular weight excluding hydrogens is 254 g/mol. The topological polar surface area (TPSA) is 55.7 Å². The van der Waals surface area contributed by atoms with E-state index in [4.69, 9.17) is 4.74 Å². The van der Waals surface area contributed by atoms with E-state index in [1.807, 2.05) is 20.8 Å². The first kappa shape index (κ1) is 14.7. The number of nitrogens with zero attached hydrogens (tertiary/aromatic N) is 1. The molecule has 0 bridgehead atoms. The Kier molecular flexibility index (Phi) is 3.67. The molecule has 0 radical (unpaired) electrons. The fourth-order valence-electron chi connectivity index (χ4n) is 2.69. The van der Waals surface area contributed by atoms with Crippen molar-refractivity contribution < 1.29 is 14.3 Å². The molecule has 1 unspecified atom stereocenters. The molecule has 0 amide bonds. The summed E-state index contributed by atoms with van der Waals surface area (Å²) in [4.78, 5) is 28.7. The summed E-state index contributed by atoms with van der Waals surface area (Å²) in [5.74, 6) is 0.431. The first-order chi connectivity index (χ1) is 9.31. The minimum Gasteiger partial charge on any atom is -0.500 e. The van der Waals surface area contributed by atoms with Gasteiger partial charge in [-0.1, -0.05) is 26.8 Å². The lowest BCUT2D eigenvalue weighted by atomic mass is 9.68. The lowest BCUT2D eigenvalue weighted by Crippen LogP contribution is -2.45. The van der Waals surface area contributed by atoms with Gasteiger partial charge in [-0.2, -0.15) is 0 Å². The molecule has 1 spiro atoms. The molecule has 1 aliphatic carbocycles. The van der Waals surface area contributed by atoms with Crippen LogP contribution in [-0.4, -0.2) is 30.9 Å². The number of carbonyl (C=O) groups excluding carboxylic acids is 2. The molecule has 20 heavy (non-hydrogen) atoms. The van der Waals surface area contributed by atoms with E-state index in [0.717, 1.165) is 12.8 Å². The number of carbonyl (C=O) groups is 2. The summed E-state index contributed by atoms with van der Waals surface area (Å²) in [5.41, 5.74) is -0.643. The predicted octanol–water partition coefficient (Wildman–Crippen LogP) is 2.49. The Labute approximate surface area is 119 Å². The minimum absolute atomic E-state index is 0.0131. The second kappa shape index (κ2) is 5.00. The van der Waals surface area contributed by atoms with E-state index in [2.05, 4.69) is 4.99 Å². The molecule has 0 fully saturated rings. The van der Waals surface area contributed by atoms with Gasteiger partial charge >= 0.3 is 0 Å². The Morgan fingerprint density at radius 2 is 2.10 bits per heavy atom. The van der Waals surface area contributed by atoms with Gasteiger partial charge in [0, 0.05) is 18.0 Å². The summed E-state index contributed by atoms with van der Waals surface area (Å²) in [5, 5.41) is 0. The van der Waals surface area contributed by atoms with Crippen molar-refractivity contribution in [1.82, 2.24) is 0 Å². The molecule has 1 aliphatic heterocycles. The highest BCUT2D eigenvalue weighted by Crippen LogP contribution is 2.42. The van der Waals surface area contributed by atoms with E-state index >= 15 is 0 Å². The zero-order valence-corrected chi connectivity index (χ0v) is 12.5. The second-order valence-electron chi connectivity index (χ2n) is 6.33. The van der Waals surface area contributed by atoms with Crippen LogP contribution in [0, 0.1) is 10.8 Å². The van der Waals surface area contributed by atoms with Gasteiger partial charge in [-0.15, -0.1) is 0 Å². The third-order valence-corrected chi connectivity index (χ3v) is 3.78. The number of hydrogen-bond acceptors (Lipinski definition) is 4. The summed E-state index contributed by atoms with van der Waals surface area (Å²) in [6.07, 6.45) is 6.39. The highest BCUT2D eigenvalue weighted by Gasteiger charge is 2.47. The van der Waals surface area contributed by atoms with E-state index in [0.29, 0.717) is 18.0 Å². The molecule has 1 heterocycles. The zero-order valence-electron chi connectivity index (χ0n) is 12.5. The summed E-state index contributed by atoms with van der Waals surface area (Å²) < 4.78 is 5.40. The Bertz CT molecular complexity index is 534. The number of Topliss-reactive ketones (excluding diaryl/α,β-unsaturated/α-hetero) is 1. The first-order valence-corrected chi connectivity index (χ1v) is 6.90. The summed E-state index contributed by atoms with van der Waals surface area (Å²) in [6.45, 7) is 6.30. The SMILES string of the molecule is COC1=CC(=O)C=CC12CCCN=C2C(=O)C(C)(C)C. The molecule has 4 nitrogen and oxygen atoms in total. The van der Waals surface area contributed by atoms with Gasteiger partial charge < -0.3 is 4.74 Å². The Balaban J connectivity index is 2.53. The van der Waals surface area contributed by atoms with Crippen LogP contribution in [0.3, 0.4) is 0 Å². The van der Waals surface area contributed by atoms with E-state index in [1.54, 1.807) is 6.08 Å². The van der Waals surface area contributed by atoms with Crippen molar-refractivity contribution in [3.05, 3.63) is 24.0 Å². The quantitative estimate of drug-likeness (QED) is 0.778. The highest BCUT2D eigenvalue weighted by atomic mass is 16.5. The molecular formula is C16H21NO3. The normalized spacial score (nSPS) is 26.3. The first-order valence-electron chi connectivity index (χ1n) is 6.90. The molecule has 4 heteroatoms. The summed E-state index contributed by atoms with van der Waals surface area (Å²) in [7, 11) is 1.54. The van der Waals surface area contributed by atoms with E-state index in [-0.39, 0.29) is 11.6 Å². The molecule has 0 aromatic rings. The second-order valence-corrected chi connectivity index (χ2v) is 6.33. The third-order valence-electron chi connectivity index (χ3n) is 3.78. The van der Waals surface area contributed by atoms with Crippen molar-refractivity contribution in [2.45, 2.75) is 33.6 Å². The number of hydrogen-bond donors (Lipinski definition) is 0. The fourth-order valence-corrected chi connectivity index (χ4v) is 2.69. The maximum absolute atomic E-state index is 12.7. The van der Waals surface area contributed by atoms with Crippen molar-refractivity contribution in [3.8, 4) is 0 Å². The van der Waals surface area contributed by atoms with Crippen LogP contribution >= 0.6 is 0 Å². The molecule has 0 saturated heterocycles. The van der Waals surface area contributed by atoms with Gasteiger partial charge in [-0.05, 0) is 18.9 Å². The van der Waals surface area contributed by atoms with Crippen molar-refractivity contribution in [2.24, 2.45) is 15.8 Å². The van der Waals surface area contributed by atoms with Crippen LogP contribution in [0.25, 0.3) is 0 Å². The van der Waals surface area contributed by atoms with Gasteiger partial charge in [0.25, 0.3) is 0 Å². The number of allylic oxidation sites excluding steroid dienone is 3. The molecule has 0 aromatic carbocycles. The van der Waals surface area contributed by atoms with Crippen molar-refractivity contribution in [1.29, 1.82) is 0 Å². The Morgan fingerprint density at radius 1 is 1.40 bits per heavy atom. The molecule has 108 valence electrons. The van der Waals surface area contributed by atoms with Gasteiger partial charge in [0.05, 0.1) is 18.2 Å². The van der Waals surface area contributed by atoms with Crippen LogP contribution in [0.4, 0.5) is 0 Å². The predicted molar refractivity (Wildman–Crippen MR) is 77.7 cm³/mol. The van der Waals surface area contributed by atoms with Crippen LogP contribution in [0.15, 0.2) is 29.0 Å². The number of aliphatic imine (C=N–C) groups is 1. The Morgan fingerprint density at radius 3 is 2.70 bits per heavy atom. The van der Waals surface area contributed by atoms with Crippen molar-refractivity contribution in [3.63, 3.8) is 0 Å². The zero-order chi connectivity index (χ0) is 15.0. The van der Waals surface area contributed by atoms with Crippen LogP contribution < -0.4 is 0 Å². The molecule has 0 N–H and O–H groups in total. The summed E-state index contributed by atoms with van der Waals surface area (Å²) in [6, 6.07) is 0. The molecule has 2 aliphatic rings. The maximum Gasteiger partial charge on any atom is 0.183 e. The average Bonchev–Trinajstić information content (AvgIpc) is 2.40. The van der Waals surface area contributed by atoms with Gasteiger partial charge in [-0.3, -0.25) is 14.6 Å². The van der Waals surface area contributed by atoms with Crippen LogP contribution in [0.2, 0.25) is 0 Å². The maximum atomic E-state index is 12.7. The van der Waals surface area contributed by atoms with Crippen LogP contribution in [-0.2, 0) is 14.3 Å². The lowest BCUT2D eigenvalue weighted by molar-refractivity contribution is -0.120. The summed E-state index contributed by atoms with van der Waals surface area (Å²) >= 11 is 0. The number of ether oxygens (including phenoxy) is 1. The van der Waals surface area contributed by atoms with Crippen LogP contribution in [0.5, 0.6) is 0 Å². The van der Waals surface area contributed by atoms with E-state index in [1.165, 1.54) is 19.3 Å². The highest BCUT2D eigenvalue weighted by molar-refractivity contribution is 6.44. The molecule has 2 rings (SSSR count). The van der Waals surface area contributed by atoms with Gasteiger partial charge in [0.2, 0.25) is 0 Å². The molecule has 1 atom stereocenters. The molecule has 0 aromatic heterocycles. The van der Waals surface area contributed by atoms with Crippen molar-refractivity contribution >= 4 is 17.3 Å². The minimum atomic E-state index is -0.661. The lowest BCUT2D eigenvalue weighted by Gasteiger charge is -2.38. The largest absolute Gasteiger partial charge is 0.500 e. The van der Waals surface area contributed by atoms with Crippen LogP contribution in [0.1, 0.15) is 33.6 Å². The number of rotatable bonds is 2. The Hall–Kier alpha value is -1.71. The number of ketones is 2. The smallest absolute Gasteiger partial charge is 0.183 e. The van der Waals surface area contributed by atoms with Gasteiger partial charge in [0.1, 0.15) is 5.76 Å². The van der Waals surface area contributed by atoms with E-state index < -0.39 is 10.8 Å². The van der Waals surface area contributed by atoms with Gasteiger partial charge in [0.15, 0.2) is 11.6 Å².